The lowest BCUT2D eigenvalue weighted by atomic mass is 9.85. The Morgan fingerprint density at radius 1 is 0.917 bits per heavy atom. The minimum absolute atomic E-state index is 0.0467. The van der Waals surface area contributed by atoms with Gasteiger partial charge in [0.15, 0.2) is 0 Å². The summed E-state index contributed by atoms with van der Waals surface area (Å²) >= 11 is 0. The highest BCUT2D eigenvalue weighted by Gasteiger charge is 2.38. The third-order valence-electron chi connectivity index (χ3n) is 5.79. The van der Waals surface area contributed by atoms with Gasteiger partial charge in [0.05, 0.1) is 5.56 Å². The number of carbonyl (C=O) groups is 2. The van der Waals surface area contributed by atoms with Crippen LogP contribution < -0.4 is 10.6 Å². The fourth-order valence-corrected chi connectivity index (χ4v) is 3.71. The van der Waals surface area contributed by atoms with E-state index in [9.17, 15) is 35.5 Å². The van der Waals surface area contributed by atoms with Crippen LogP contribution in [0.3, 0.4) is 0 Å². The minimum atomic E-state index is -5.08. The zero-order valence-corrected chi connectivity index (χ0v) is 19.1. The van der Waals surface area contributed by atoms with E-state index < -0.39 is 29.7 Å². The first-order valence-electron chi connectivity index (χ1n) is 10.9. The second-order valence-corrected chi connectivity index (χ2v) is 8.24. The van der Waals surface area contributed by atoms with Crippen LogP contribution in [0.2, 0.25) is 0 Å². The molecule has 0 aromatic heterocycles. The number of carbonyl (C=O) groups excluding carboxylic acids is 1. The molecule has 2 aromatic rings. The summed E-state index contributed by atoms with van der Waals surface area (Å²) in [5.41, 5.74) is 0.721. The van der Waals surface area contributed by atoms with E-state index >= 15 is 0 Å². The average Bonchev–Trinajstić information content (AvgIpc) is 2.82. The number of nitrogens with one attached hydrogen (secondary N) is 2. The predicted molar refractivity (Wildman–Crippen MR) is 117 cm³/mol. The largest absolute Gasteiger partial charge is 0.490 e. The quantitative estimate of drug-likeness (QED) is 0.451. The van der Waals surface area contributed by atoms with Gasteiger partial charge in [-0.15, -0.1) is 0 Å². The molecule has 5 nitrogen and oxygen atoms in total. The first kappa shape index (κ1) is 29.1. The van der Waals surface area contributed by atoms with Crippen LogP contribution in [0.25, 0.3) is 11.1 Å². The SMILES string of the molecule is CNC1CCC(C(=O)NCc2cc(-c3ccc(C(F)(F)F)cc3)ccc2F)CC1.O=C(O)C(F)(F)F. The van der Waals surface area contributed by atoms with Gasteiger partial charge < -0.3 is 15.7 Å². The van der Waals surface area contributed by atoms with Crippen LogP contribution in [0.4, 0.5) is 30.7 Å². The average molecular weight is 522 g/mol. The van der Waals surface area contributed by atoms with Crippen molar-refractivity contribution < 1.29 is 45.4 Å². The zero-order chi connectivity index (χ0) is 27.1. The molecule has 1 aliphatic rings. The summed E-state index contributed by atoms with van der Waals surface area (Å²) in [5, 5.41) is 13.1. The topological polar surface area (TPSA) is 78.4 Å². The second-order valence-electron chi connectivity index (χ2n) is 8.24. The minimum Gasteiger partial charge on any atom is -0.475 e. The molecule has 3 rings (SSSR count). The Morgan fingerprint density at radius 3 is 1.92 bits per heavy atom. The van der Waals surface area contributed by atoms with Crippen molar-refractivity contribution in [2.24, 2.45) is 5.92 Å². The lowest BCUT2D eigenvalue weighted by Crippen LogP contribution is -2.37. The third-order valence-corrected chi connectivity index (χ3v) is 5.79. The maximum Gasteiger partial charge on any atom is 0.490 e. The maximum atomic E-state index is 14.2. The summed E-state index contributed by atoms with van der Waals surface area (Å²) in [7, 11) is 1.91. The number of carboxylic acid groups (broad SMARTS) is 1. The highest BCUT2D eigenvalue weighted by atomic mass is 19.4. The van der Waals surface area contributed by atoms with E-state index in [0.29, 0.717) is 22.7 Å². The fraction of sp³-hybridized carbons (Fsp3) is 0.417. The summed E-state index contributed by atoms with van der Waals surface area (Å²) in [6.45, 7) is 0.0467. The first-order valence-corrected chi connectivity index (χ1v) is 10.9. The van der Waals surface area contributed by atoms with Crippen LogP contribution in [-0.4, -0.2) is 36.2 Å². The van der Waals surface area contributed by atoms with Gasteiger partial charge in [-0.2, -0.15) is 26.3 Å². The molecule has 0 atom stereocenters. The molecule has 1 aliphatic carbocycles. The Morgan fingerprint density at radius 2 is 1.44 bits per heavy atom. The standard InChI is InChI=1S/C22H24F4N2O.C2HF3O2/c1-27-19-9-4-15(5-10-19)21(29)28-13-17-12-16(6-11-20(17)23)14-2-7-18(8-3-14)22(24,25)26;3-2(4,5)1(6)7/h2-3,6-8,11-12,15,19,27H,4-5,9-10,13H2,1H3,(H,28,29);(H,6,7). The van der Waals surface area contributed by atoms with Gasteiger partial charge in [0.1, 0.15) is 5.82 Å². The van der Waals surface area contributed by atoms with E-state index in [1.807, 2.05) is 7.05 Å². The lowest BCUT2D eigenvalue weighted by molar-refractivity contribution is -0.192. The van der Waals surface area contributed by atoms with Crippen LogP contribution in [0, 0.1) is 11.7 Å². The molecular formula is C24H25F7N2O3. The predicted octanol–water partition coefficient (Wildman–Crippen LogP) is 5.54. The van der Waals surface area contributed by atoms with Crippen molar-refractivity contribution in [2.75, 3.05) is 7.05 Å². The molecular weight excluding hydrogens is 497 g/mol. The van der Waals surface area contributed by atoms with Crippen molar-refractivity contribution in [3.63, 3.8) is 0 Å². The number of benzene rings is 2. The summed E-state index contributed by atoms with van der Waals surface area (Å²) < 4.78 is 84.1. The van der Waals surface area contributed by atoms with Crippen LogP contribution in [0.5, 0.6) is 0 Å². The summed E-state index contributed by atoms with van der Waals surface area (Å²) in [4.78, 5) is 21.3. The summed E-state index contributed by atoms with van der Waals surface area (Å²) in [6.07, 6.45) is -6.02. The van der Waals surface area contributed by atoms with Crippen molar-refractivity contribution in [3.8, 4) is 11.1 Å². The number of aliphatic carboxylic acids is 1. The third kappa shape index (κ3) is 8.51. The molecule has 0 radical (unpaired) electrons. The molecule has 1 amide bonds. The number of rotatable bonds is 5. The molecule has 0 bridgehead atoms. The van der Waals surface area contributed by atoms with E-state index in [1.54, 1.807) is 6.07 Å². The molecule has 0 spiro atoms. The van der Waals surface area contributed by atoms with Gasteiger partial charge in [0.25, 0.3) is 0 Å². The van der Waals surface area contributed by atoms with Gasteiger partial charge in [-0.25, -0.2) is 9.18 Å². The Kier molecular flexibility index (Phi) is 9.85. The van der Waals surface area contributed by atoms with Crippen molar-refractivity contribution in [1.29, 1.82) is 0 Å². The normalized spacial score (nSPS) is 18.1. The first-order chi connectivity index (χ1) is 16.7. The highest BCUT2D eigenvalue weighted by molar-refractivity contribution is 5.78. The van der Waals surface area contributed by atoms with Gasteiger partial charge in [-0.1, -0.05) is 18.2 Å². The number of halogens is 7. The fourth-order valence-electron chi connectivity index (χ4n) is 3.71. The number of carboxylic acids is 1. The lowest BCUT2D eigenvalue weighted by Gasteiger charge is -2.27. The number of amides is 1. The van der Waals surface area contributed by atoms with E-state index in [-0.39, 0.29) is 18.4 Å². The van der Waals surface area contributed by atoms with E-state index in [4.69, 9.17) is 9.90 Å². The molecule has 0 unspecified atom stereocenters. The Bertz CT molecular complexity index is 1030. The van der Waals surface area contributed by atoms with E-state index in [0.717, 1.165) is 37.8 Å². The van der Waals surface area contributed by atoms with Crippen molar-refractivity contribution in [1.82, 2.24) is 10.6 Å². The maximum absolute atomic E-state index is 14.2. The zero-order valence-electron chi connectivity index (χ0n) is 19.1. The molecule has 0 aliphatic heterocycles. The van der Waals surface area contributed by atoms with Gasteiger partial charge in [0.2, 0.25) is 5.91 Å². The molecule has 3 N–H and O–H groups in total. The molecule has 1 saturated carbocycles. The van der Waals surface area contributed by atoms with Crippen LogP contribution in [-0.2, 0) is 22.3 Å². The Balaban J connectivity index is 0.000000572. The molecule has 0 saturated heterocycles. The molecule has 0 heterocycles. The van der Waals surface area contributed by atoms with E-state index in [2.05, 4.69) is 10.6 Å². The number of alkyl halides is 6. The van der Waals surface area contributed by atoms with Crippen molar-refractivity contribution in [3.05, 3.63) is 59.4 Å². The van der Waals surface area contributed by atoms with Crippen molar-refractivity contribution >= 4 is 11.9 Å². The molecule has 36 heavy (non-hydrogen) atoms. The Labute approximate surface area is 202 Å². The number of hydrogen-bond acceptors (Lipinski definition) is 3. The summed E-state index contributed by atoms with van der Waals surface area (Å²) in [5.74, 6) is -3.37. The smallest absolute Gasteiger partial charge is 0.475 e. The van der Waals surface area contributed by atoms with Gasteiger partial charge in [-0.3, -0.25) is 4.79 Å². The molecule has 198 valence electrons. The van der Waals surface area contributed by atoms with Crippen LogP contribution in [0.1, 0.15) is 36.8 Å². The highest BCUT2D eigenvalue weighted by Crippen LogP contribution is 2.31. The van der Waals surface area contributed by atoms with Crippen LogP contribution in [0.15, 0.2) is 42.5 Å². The van der Waals surface area contributed by atoms with Gasteiger partial charge in [-0.05, 0) is 68.1 Å². The van der Waals surface area contributed by atoms with Gasteiger partial charge >= 0.3 is 18.3 Å². The number of hydrogen-bond donors (Lipinski definition) is 3. The molecule has 12 heteroatoms. The summed E-state index contributed by atoms with van der Waals surface area (Å²) in [6, 6.07) is 9.52. The second kappa shape index (κ2) is 12.2. The van der Waals surface area contributed by atoms with Gasteiger partial charge in [0, 0.05) is 24.1 Å². The van der Waals surface area contributed by atoms with Crippen LogP contribution >= 0.6 is 0 Å². The monoisotopic (exact) mass is 522 g/mol. The van der Waals surface area contributed by atoms with Crippen molar-refractivity contribution in [2.45, 2.75) is 50.6 Å². The molecule has 2 aromatic carbocycles. The molecule has 1 fully saturated rings. The Hall–Kier alpha value is -3.15. The van der Waals surface area contributed by atoms with E-state index in [1.165, 1.54) is 24.3 Å².